The molecule has 1 amide bonds. The van der Waals surface area contributed by atoms with Gasteiger partial charge in [-0.1, -0.05) is 18.2 Å². The van der Waals surface area contributed by atoms with E-state index >= 15 is 0 Å². The smallest absolute Gasteiger partial charge is 0.244 e. The molecule has 0 bridgehead atoms. The van der Waals surface area contributed by atoms with Gasteiger partial charge in [-0.15, -0.1) is 0 Å². The van der Waals surface area contributed by atoms with E-state index in [1.54, 1.807) is 31.3 Å². The Bertz CT molecular complexity index is 624. The van der Waals surface area contributed by atoms with E-state index in [4.69, 9.17) is 10.5 Å². The highest BCUT2D eigenvalue weighted by atomic mass is 16.5. The van der Waals surface area contributed by atoms with Crippen LogP contribution in [0.3, 0.4) is 0 Å². The minimum Gasteiger partial charge on any atom is -0.496 e. The lowest BCUT2D eigenvalue weighted by molar-refractivity contribution is -0.132. The Morgan fingerprint density at radius 3 is 2.76 bits per heavy atom. The number of rotatable bonds is 5. The summed E-state index contributed by atoms with van der Waals surface area (Å²) in [6.45, 7) is 2.13. The van der Waals surface area contributed by atoms with Crippen LogP contribution >= 0.6 is 0 Å². The minimum absolute atomic E-state index is 0.0449. The van der Waals surface area contributed by atoms with Crippen molar-refractivity contribution in [3.05, 3.63) is 42.1 Å². The second kappa shape index (κ2) is 6.30. The summed E-state index contributed by atoms with van der Waals surface area (Å²) in [7, 11) is 3.40. The first kappa shape index (κ1) is 14.9. The second-order valence-electron chi connectivity index (χ2n) is 4.86. The number of nitrogens with two attached hydrogens (primary N) is 1. The molecule has 0 radical (unpaired) electrons. The summed E-state index contributed by atoms with van der Waals surface area (Å²) in [4.78, 5) is 14.0. The molecule has 1 aromatic heterocycles. The quantitative estimate of drug-likeness (QED) is 0.908. The molecule has 0 saturated carbocycles. The predicted octanol–water partition coefficient (Wildman–Crippen LogP) is 1.69. The van der Waals surface area contributed by atoms with Crippen molar-refractivity contribution in [2.75, 3.05) is 19.9 Å². The number of amides is 1. The number of nitrogens with zero attached hydrogens (tertiary/aromatic N) is 3. The molecule has 2 rings (SSSR count). The first-order valence-electron chi connectivity index (χ1n) is 6.70. The van der Waals surface area contributed by atoms with Gasteiger partial charge in [0.15, 0.2) is 0 Å². The zero-order chi connectivity index (χ0) is 15.4. The second-order valence-corrected chi connectivity index (χ2v) is 4.86. The van der Waals surface area contributed by atoms with Crippen LogP contribution in [0, 0.1) is 0 Å². The van der Waals surface area contributed by atoms with E-state index in [0.29, 0.717) is 5.82 Å². The summed E-state index contributed by atoms with van der Waals surface area (Å²) in [5.41, 5.74) is 6.51. The number of anilines is 1. The molecule has 0 aliphatic heterocycles. The first-order chi connectivity index (χ1) is 10.0. The SMILES string of the molecule is COc1ccccc1C(C)N(C)C(=O)Cn1ccc(N)n1. The number of carbonyl (C=O) groups excluding carboxylic acids is 1. The lowest BCUT2D eigenvalue weighted by atomic mass is 10.1. The van der Waals surface area contributed by atoms with E-state index in [9.17, 15) is 4.79 Å². The highest BCUT2D eigenvalue weighted by molar-refractivity contribution is 5.76. The number of benzene rings is 1. The fourth-order valence-electron chi connectivity index (χ4n) is 2.15. The fourth-order valence-corrected chi connectivity index (χ4v) is 2.15. The Labute approximate surface area is 124 Å². The topological polar surface area (TPSA) is 73.4 Å². The van der Waals surface area contributed by atoms with E-state index in [1.807, 2.05) is 31.2 Å². The fraction of sp³-hybridized carbons (Fsp3) is 0.333. The summed E-state index contributed by atoms with van der Waals surface area (Å²) >= 11 is 0. The third kappa shape index (κ3) is 3.34. The molecule has 1 heterocycles. The van der Waals surface area contributed by atoms with Crippen molar-refractivity contribution < 1.29 is 9.53 Å². The highest BCUT2D eigenvalue weighted by Gasteiger charge is 2.20. The van der Waals surface area contributed by atoms with Crippen LogP contribution < -0.4 is 10.5 Å². The molecule has 1 unspecified atom stereocenters. The monoisotopic (exact) mass is 288 g/mol. The minimum atomic E-state index is -0.0958. The van der Waals surface area contributed by atoms with Gasteiger partial charge in [0, 0.05) is 18.8 Å². The molecule has 0 saturated heterocycles. The molecule has 1 aromatic carbocycles. The molecule has 1 atom stereocenters. The van der Waals surface area contributed by atoms with Crippen molar-refractivity contribution in [2.45, 2.75) is 19.5 Å². The van der Waals surface area contributed by atoms with Crippen molar-refractivity contribution in [2.24, 2.45) is 0 Å². The number of hydrogen-bond donors (Lipinski definition) is 1. The first-order valence-corrected chi connectivity index (χ1v) is 6.70. The maximum absolute atomic E-state index is 12.3. The lowest BCUT2D eigenvalue weighted by Gasteiger charge is -2.26. The van der Waals surface area contributed by atoms with Gasteiger partial charge >= 0.3 is 0 Å². The molecule has 0 spiro atoms. The number of nitrogen functional groups attached to an aromatic ring is 1. The van der Waals surface area contributed by atoms with Crippen molar-refractivity contribution >= 4 is 11.7 Å². The van der Waals surface area contributed by atoms with Crippen molar-refractivity contribution in [3.8, 4) is 5.75 Å². The Hall–Kier alpha value is -2.50. The van der Waals surface area contributed by atoms with Crippen LogP contribution in [-0.4, -0.2) is 34.7 Å². The molecule has 0 aliphatic carbocycles. The number of carbonyl (C=O) groups is 1. The van der Waals surface area contributed by atoms with Gasteiger partial charge in [0.25, 0.3) is 0 Å². The predicted molar refractivity (Wildman–Crippen MR) is 80.8 cm³/mol. The standard InChI is InChI=1S/C15H20N4O2/c1-11(12-6-4-5-7-13(12)21-3)18(2)15(20)10-19-9-8-14(16)17-19/h4-9,11H,10H2,1-3H3,(H2,16,17). The Kier molecular flexibility index (Phi) is 4.47. The highest BCUT2D eigenvalue weighted by Crippen LogP contribution is 2.28. The summed E-state index contributed by atoms with van der Waals surface area (Å²) in [5, 5.41) is 4.02. The van der Waals surface area contributed by atoms with Crippen LogP contribution in [0.2, 0.25) is 0 Å². The molecular formula is C15H20N4O2. The average Bonchev–Trinajstić information content (AvgIpc) is 2.90. The van der Waals surface area contributed by atoms with Crippen LogP contribution in [0.25, 0.3) is 0 Å². The largest absolute Gasteiger partial charge is 0.496 e. The van der Waals surface area contributed by atoms with Gasteiger partial charge in [-0.2, -0.15) is 5.10 Å². The van der Waals surface area contributed by atoms with Crippen LogP contribution in [0.15, 0.2) is 36.5 Å². The maximum Gasteiger partial charge on any atom is 0.244 e. The number of likely N-dealkylation sites (N-methyl/N-ethyl adjacent to an activating group) is 1. The number of aromatic nitrogens is 2. The Balaban J connectivity index is 2.11. The van der Waals surface area contributed by atoms with Gasteiger partial charge in [0.2, 0.25) is 5.91 Å². The molecule has 6 heteroatoms. The Morgan fingerprint density at radius 2 is 2.14 bits per heavy atom. The van der Waals surface area contributed by atoms with Gasteiger partial charge in [0.05, 0.1) is 13.2 Å². The van der Waals surface area contributed by atoms with Crippen LogP contribution in [0.5, 0.6) is 5.75 Å². The molecular weight excluding hydrogens is 268 g/mol. The lowest BCUT2D eigenvalue weighted by Crippen LogP contribution is -2.33. The molecule has 112 valence electrons. The molecule has 2 aromatic rings. The van der Waals surface area contributed by atoms with Crippen LogP contribution in [-0.2, 0) is 11.3 Å². The average molecular weight is 288 g/mol. The van der Waals surface area contributed by atoms with Crippen molar-refractivity contribution in [1.29, 1.82) is 0 Å². The van der Waals surface area contributed by atoms with Crippen molar-refractivity contribution in [3.63, 3.8) is 0 Å². The number of para-hydroxylation sites is 1. The van der Waals surface area contributed by atoms with Gasteiger partial charge in [-0.3, -0.25) is 9.48 Å². The number of hydrogen-bond acceptors (Lipinski definition) is 4. The number of methoxy groups -OCH3 is 1. The maximum atomic E-state index is 12.3. The van der Waals surface area contributed by atoms with Gasteiger partial charge < -0.3 is 15.4 Å². The third-order valence-electron chi connectivity index (χ3n) is 3.52. The van der Waals surface area contributed by atoms with Gasteiger partial charge in [-0.25, -0.2) is 0 Å². The zero-order valence-electron chi connectivity index (χ0n) is 12.5. The number of ether oxygens (including phenoxy) is 1. The Morgan fingerprint density at radius 1 is 1.43 bits per heavy atom. The molecule has 21 heavy (non-hydrogen) atoms. The molecule has 6 nitrogen and oxygen atoms in total. The molecule has 0 aliphatic rings. The van der Waals surface area contributed by atoms with Crippen molar-refractivity contribution in [1.82, 2.24) is 14.7 Å². The van der Waals surface area contributed by atoms with E-state index in [0.717, 1.165) is 11.3 Å². The van der Waals surface area contributed by atoms with E-state index < -0.39 is 0 Å². The molecule has 2 N–H and O–H groups in total. The van der Waals surface area contributed by atoms with E-state index in [-0.39, 0.29) is 18.5 Å². The van der Waals surface area contributed by atoms with Crippen LogP contribution in [0.4, 0.5) is 5.82 Å². The third-order valence-corrected chi connectivity index (χ3v) is 3.52. The van der Waals surface area contributed by atoms with Gasteiger partial charge in [0.1, 0.15) is 18.1 Å². The van der Waals surface area contributed by atoms with Gasteiger partial charge in [-0.05, 0) is 19.1 Å². The van der Waals surface area contributed by atoms with E-state index in [1.165, 1.54) is 4.68 Å². The van der Waals surface area contributed by atoms with E-state index in [2.05, 4.69) is 5.10 Å². The summed E-state index contributed by atoms with van der Waals surface area (Å²) in [6.07, 6.45) is 1.69. The molecule has 0 fully saturated rings. The zero-order valence-corrected chi connectivity index (χ0v) is 12.5. The summed E-state index contributed by atoms with van der Waals surface area (Å²) in [5.74, 6) is 1.13. The normalized spacial score (nSPS) is 12.0. The van der Waals surface area contributed by atoms with Crippen LogP contribution in [0.1, 0.15) is 18.5 Å². The summed E-state index contributed by atoms with van der Waals surface area (Å²) in [6, 6.07) is 9.25. The summed E-state index contributed by atoms with van der Waals surface area (Å²) < 4.78 is 6.88.